The van der Waals surface area contributed by atoms with Crippen LogP contribution in [0.3, 0.4) is 0 Å². The molecular formula is C13H19FN2O. The summed E-state index contributed by atoms with van der Waals surface area (Å²) in [6, 6.07) is 4.16. The average Bonchev–Trinajstić information content (AvgIpc) is 2.20. The number of nitrogens with two attached hydrogens (primary N) is 1. The molecule has 0 aliphatic heterocycles. The number of carbonyl (C=O) groups excluding carboxylic acids is 1. The molecular weight excluding hydrogens is 219 g/mol. The van der Waals surface area contributed by atoms with Gasteiger partial charge in [0.05, 0.1) is 5.69 Å². The predicted molar refractivity (Wildman–Crippen MR) is 67.2 cm³/mol. The molecule has 94 valence electrons. The number of hydrogen-bond donors (Lipinski definition) is 2. The molecule has 0 aliphatic carbocycles. The lowest BCUT2D eigenvalue weighted by Crippen LogP contribution is -2.33. The Balaban J connectivity index is 2.66. The second kappa shape index (κ2) is 5.66. The number of halogens is 1. The van der Waals surface area contributed by atoms with E-state index in [1.54, 1.807) is 0 Å². The minimum absolute atomic E-state index is 0.0526. The first kappa shape index (κ1) is 13.5. The second-order valence-electron chi connectivity index (χ2n) is 4.74. The van der Waals surface area contributed by atoms with Gasteiger partial charge >= 0.3 is 0 Å². The zero-order valence-electron chi connectivity index (χ0n) is 10.5. The van der Waals surface area contributed by atoms with E-state index in [-0.39, 0.29) is 17.6 Å². The van der Waals surface area contributed by atoms with Crippen LogP contribution >= 0.6 is 0 Å². The van der Waals surface area contributed by atoms with Crippen LogP contribution in [0.15, 0.2) is 18.2 Å². The Kier molecular flexibility index (Phi) is 4.49. The van der Waals surface area contributed by atoms with E-state index in [1.165, 1.54) is 12.1 Å². The van der Waals surface area contributed by atoms with Gasteiger partial charge in [-0.2, -0.15) is 0 Å². The first-order chi connectivity index (χ1) is 7.90. The minimum Gasteiger partial charge on any atom is -0.396 e. The number of hydrogen-bond acceptors (Lipinski definition) is 2. The van der Waals surface area contributed by atoms with Crippen molar-refractivity contribution in [1.82, 2.24) is 5.32 Å². The lowest BCUT2D eigenvalue weighted by atomic mass is 10.0. The Labute approximate surface area is 101 Å². The molecule has 0 radical (unpaired) electrons. The van der Waals surface area contributed by atoms with Gasteiger partial charge < -0.3 is 11.1 Å². The fourth-order valence-electron chi connectivity index (χ4n) is 1.74. The van der Waals surface area contributed by atoms with Crippen molar-refractivity contribution in [3.05, 3.63) is 29.6 Å². The Bertz CT molecular complexity index is 404. The number of rotatable bonds is 4. The van der Waals surface area contributed by atoms with Gasteiger partial charge in [-0.1, -0.05) is 13.8 Å². The summed E-state index contributed by atoms with van der Waals surface area (Å²) in [6.45, 7) is 6.11. The van der Waals surface area contributed by atoms with E-state index < -0.39 is 5.82 Å². The van der Waals surface area contributed by atoms with Gasteiger partial charge in [0, 0.05) is 11.6 Å². The first-order valence-electron chi connectivity index (χ1n) is 5.76. The maximum atomic E-state index is 13.2. The molecule has 0 heterocycles. The number of nitrogens with one attached hydrogen (secondary N) is 1. The van der Waals surface area contributed by atoms with Crippen molar-refractivity contribution in [1.29, 1.82) is 0 Å². The smallest absolute Gasteiger partial charge is 0.251 e. The number of amides is 1. The number of benzene rings is 1. The van der Waals surface area contributed by atoms with Gasteiger partial charge in [-0.15, -0.1) is 0 Å². The highest BCUT2D eigenvalue weighted by Gasteiger charge is 2.12. The van der Waals surface area contributed by atoms with Gasteiger partial charge in [-0.05, 0) is 37.5 Å². The van der Waals surface area contributed by atoms with Crippen molar-refractivity contribution in [2.24, 2.45) is 5.92 Å². The lowest BCUT2D eigenvalue weighted by molar-refractivity contribution is 0.0935. The Morgan fingerprint density at radius 3 is 2.59 bits per heavy atom. The Hall–Kier alpha value is -1.58. The van der Waals surface area contributed by atoms with Gasteiger partial charge in [-0.25, -0.2) is 4.39 Å². The molecule has 0 aromatic heterocycles. The third-order valence-electron chi connectivity index (χ3n) is 2.47. The highest BCUT2D eigenvalue weighted by Crippen LogP contribution is 2.12. The summed E-state index contributed by atoms with van der Waals surface area (Å²) in [6.07, 6.45) is 0.892. The summed E-state index contributed by atoms with van der Waals surface area (Å²) < 4.78 is 13.2. The molecule has 1 unspecified atom stereocenters. The van der Waals surface area contributed by atoms with E-state index in [4.69, 9.17) is 5.73 Å². The molecule has 1 aromatic carbocycles. The molecule has 0 saturated carbocycles. The van der Waals surface area contributed by atoms with E-state index in [0.29, 0.717) is 11.5 Å². The number of carbonyl (C=O) groups is 1. The van der Waals surface area contributed by atoms with Crippen LogP contribution in [-0.2, 0) is 0 Å². The monoisotopic (exact) mass is 238 g/mol. The number of nitrogen functional groups attached to an aromatic ring is 1. The second-order valence-corrected chi connectivity index (χ2v) is 4.74. The van der Waals surface area contributed by atoms with Crippen molar-refractivity contribution in [3.63, 3.8) is 0 Å². The Morgan fingerprint density at radius 1 is 1.41 bits per heavy atom. The maximum absolute atomic E-state index is 13.2. The van der Waals surface area contributed by atoms with Crippen LogP contribution in [-0.4, -0.2) is 11.9 Å². The zero-order chi connectivity index (χ0) is 13.0. The van der Waals surface area contributed by atoms with Crippen LogP contribution in [0.5, 0.6) is 0 Å². The summed E-state index contributed by atoms with van der Waals surface area (Å²) >= 11 is 0. The van der Waals surface area contributed by atoms with E-state index in [2.05, 4.69) is 19.2 Å². The van der Waals surface area contributed by atoms with Crippen LogP contribution < -0.4 is 11.1 Å². The summed E-state index contributed by atoms with van der Waals surface area (Å²) in [5.41, 5.74) is 5.70. The standard InChI is InChI=1S/C13H19FN2O/c1-8(2)6-9(3)16-13(17)10-4-5-12(15)11(14)7-10/h4-5,7-9H,6,15H2,1-3H3,(H,16,17). The molecule has 0 aliphatic rings. The van der Waals surface area contributed by atoms with Crippen molar-refractivity contribution in [2.45, 2.75) is 33.2 Å². The highest BCUT2D eigenvalue weighted by molar-refractivity contribution is 5.94. The molecule has 1 atom stereocenters. The van der Waals surface area contributed by atoms with Crippen LogP contribution in [0.2, 0.25) is 0 Å². The van der Waals surface area contributed by atoms with Gasteiger partial charge in [-0.3, -0.25) is 4.79 Å². The van der Waals surface area contributed by atoms with Crippen LogP contribution in [0.4, 0.5) is 10.1 Å². The molecule has 0 spiro atoms. The third kappa shape index (κ3) is 4.06. The van der Waals surface area contributed by atoms with E-state index in [0.717, 1.165) is 12.5 Å². The van der Waals surface area contributed by atoms with Gasteiger partial charge in [0.2, 0.25) is 0 Å². The van der Waals surface area contributed by atoms with Gasteiger partial charge in [0.1, 0.15) is 5.82 Å². The largest absolute Gasteiger partial charge is 0.396 e. The first-order valence-corrected chi connectivity index (χ1v) is 5.76. The van der Waals surface area contributed by atoms with Gasteiger partial charge in [0.25, 0.3) is 5.91 Å². The highest BCUT2D eigenvalue weighted by atomic mass is 19.1. The quantitative estimate of drug-likeness (QED) is 0.792. The van der Waals surface area contributed by atoms with E-state index in [9.17, 15) is 9.18 Å². The molecule has 1 aromatic rings. The summed E-state index contributed by atoms with van der Waals surface area (Å²) in [4.78, 5) is 11.8. The van der Waals surface area contributed by atoms with Crippen molar-refractivity contribution < 1.29 is 9.18 Å². The Morgan fingerprint density at radius 2 is 2.06 bits per heavy atom. The summed E-state index contributed by atoms with van der Waals surface area (Å²) in [5, 5.41) is 2.83. The van der Waals surface area contributed by atoms with Gasteiger partial charge in [0.15, 0.2) is 0 Å². The normalized spacial score (nSPS) is 12.5. The third-order valence-corrected chi connectivity index (χ3v) is 2.47. The minimum atomic E-state index is -0.561. The van der Waals surface area contributed by atoms with Crippen molar-refractivity contribution in [2.75, 3.05) is 5.73 Å². The number of anilines is 1. The zero-order valence-corrected chi connectivity index (χ0v) is 10.5. The fourth-order valence-corrected chi connectivity index (χ4v) is 1.74. The van der Waals surface area contributed by atoms with Crippen LogP contribution in [0.1, 0.15) is 37.6 Å². The van der Waals surface area contributed by atoms with Crippen LogP contribution in [0, 0.1) is 11.7 Å². The maximum Gasteiger partial charge on any atom is 0.251 e. The van der Waals surface area contributed by atoms with Crippen molar-refractivity contribution >= 4 is 11.6 Å². The molecule has 17 heavy (non-hydrogen) atoms. The van der Waals surface area contributed by atoms with E-state index in [1.807, 2.05) is 6.92 Å². The summed E-state index contributed by atoms with van der Waals surface area (Å²) in [5.74, 6) is -0.320. The molecule has 4 heteroatoms. The molecule has 3 N–H and O–H groups in total. The van der Waals surface area contributed by atoms with E-state index >= 15 is 0 Å². The fraction of sp³-hybridized carbons (Fsp3) is 0.462. The van der Waals surface area contributed by atoms with Crippen molar-refractivity contribution in [3.8, 4) is 0 Å². The average molecular weight is 238 g/mol. The molecule has 0 bridgehead atoms. The molecule has 0 fully saturated rings. The predicted octanol–water partition coefficient (Wildman–Crippen LogP) is 2.57. The molecule has 3 nitrogen and oxygen atoms in total. The SMILES string of the molecule is CC(C)CC(C)NC(=O)c1ccc(N)c(F)c1. The summed E-state index contributed by atoms with van der Waals surface area (Å²) in [7, 11) is 0. The molecule has 1 rings (SSSR count). The lowest BCUT2D eigenvalue weighted by Gasteiger charge is -2.16. The molecule has 0 saturated heterocycles. The van der Waals surface area contributed by atoms with Crippen LogP contribution in [0.25, 0.3) is 0 Å². The molecule has 1 amide bonds. The topological polar surface area (TPSA) is 55.1 Å².